The van der Waals surface area contributed by atoms with E-state index in [-0.39, 0.29) is 5.75 Å². The lowest BCUT2D eigenvalue weighted by Gasteiger charge is -2.07. The molecule has 0 aliphatic heterocycles. The molecule has 1 rings (SSSR count). The molecule has 0 fully saturated rings. The highest BCUT2D eigenvalue weighted by Gasteiger charge is 2.03. The SMILES string of the molecule is CC.CC(C)Cc1ccc(OC(F)F)cc1. The molecule has 0 amide bonds. The van der Waals surface area contributed by atoms with E-state index in [1.807, 2.05) is 26.0 Å². The van der Waals surface area contributed by atoms with Crippen molar-refractivity contribution in [2.75, 3.05) is 0 Å². The summed E-state index contributed by atoms with van der Waals surface area (Å²) in [5.41, 5.74) is 1.14. The van der Waals surface area contributed by atoms with Crippen LogP contribution in [-0.4, -0.2) is 6.61 Å². The first-order valence-corrected chi connectivity index (χ1v) is 5.61. The second-order valence-corrected chi connectivity index (χ2v) is 3.62. The number of rotatable bonds is 4. The molecule has 16 heavy (non-hydrogen) atoms. The molecule has 92 valence electrons. The Bertz CT molecular complexity index is 239. The van der Waals surface area contributed by atoms with Crippen LogP contribution >= 0.6 is 0 Å². The molecular formula is C13H20F2O. The Hall–Kier alpha value is -1.12. The van der Waals surface area contributed by atoms with E-state index in [2.05, 4.69) is 18.6 Å². The normalized spacial score (nSPS) is 10.0. The van der Waals surface area contributed by atoms with Crippen LogP contribution in [0.4, 0.5) is 8.78 Å². The monoisotopic (exact) mass is 230 g/mol. The Morgan fingerprint density at radius 3 is 1.94 bits per heavy atom. The second-order valence-electron chi connectivity index (χ2n) is 3.62. The zero-order valence-electron chi connectivity index (χ0n) is 10.3. The average Bonchev–Trinajstić information content (AvgIpc) is 2.22. The van der Waals surface area contributed by atoms with Crippen LogP contribution in [0.25, 0.3) is 0 Å². The molecule has 0 aliphatic rings. The number of alkyl halides is 2. The van der Waals surface area contributed by atoms with E-state index >= 15 is 0 Å². The third-order valence-corrected chi connectivity index (χ3v) is 1.79. The lowest BCUT2D eigenvalue weighted by molar-refractivity contribution is -0.0498. The van der Waals surface area contributed by atoms with Gasteiger partial charge in [-0.1, -0.05) is 39.8 Å². The number of halogens is 2. The van der Waals surface area contributed by atoms with Crippen molar-refractivity contribution in [2.24, 2.45) is 5.92 Å². The van der Waals surface area contributed by atoms with Crippen molar-refractivity contribution < 1.29 is 13.5 Å². The van der Waals surface area contributed by atoms with Gasteiger partial charge in [-0.15, -0.1) is 0 Å². The van der Waals surface area contributed by atoms with E-state index in [1.165, 1.54) is 0 Å². The summed E-state index contributed by atoms with van der Waals surface area (Å²) in [7, 11) is 0. The van der Waals surface area contributed by atoms with Gasteiger partial charge in [0, 0.05) is 0 Å². The quantitative estimate of drug-likeness (QED) is 0.739. The zero-order chi connectivity index (χ0) is 12.6. The second kappa shape index (κ2) is 8.08. The maximum atomic E-state index is 11.8. The van der Waals surface area contributed by atoms with Crippen molar-refractivity contribution in [3.05, 3.63) is 29.8 Å². The van der Waals surface area contributed by atoms with Gasteiger partial charge in [-0.3, -0.25) is 0 Å². The van der Waals surface area contributed by atoms with Crippen molar-refractivity contribution in [2.45, 2.75) is 40.7 Å². The van der Waals surface area contributed by atoms with Crippen LogP contribution in [-0.2, 0) is 6.42 Å². The van der Waals surface area contributed by atoms with E-state index < -0.39 is 6.61 Å². The molecule has 1 nitrogen and oxygen atoms in total. The molecular weight excluding hydrogens is 210 g/mol. The highest BCUT2D eigenvalue weighted by Crippen LogP contribution is 2.16. The van der Waals surface area contributed by atoms with Gasteiger partial charge in [-0.05, 0) is 30.0 Å². The van der Waals surface area contributed by atoms with Crippen molar-refractivity contribution >= 4 is 0 Å². The van der Waals surface area contributed by atoms with Gasteiger partial charge < -0.3 is 4.74 Å². The molecule has 0 bridgehead atoms. The minimum absolute atomic E-state index is 0.215. The smallest absolute Gasteiger partial charge is 0.387 e. The molecule has 0 aliphatic carbocycles. The summed E-state index contributed by atoms with van der Waals surface area (Å²) in [5, 5.41) is 0. The topological polar surface area (TPSA) is 9.23 Å². The van der Waals surface area contributed by atoms with Gasteiger partial charge in [0.15, 0.2) is 0 Å². The lowest BCUT2D eigenvalue weighted by Crippen LogP contribution is -2.02. The van der Waals surface area contributed by atoms with Crippen molar-refractivity contribution in [1.82, 2.24) is 0 Å². The fourth-order valence-electron chi connectivity index (χ4n) is 1.28. The standard InChI is InChI=1S/C11H14F2O.C2H6/c1-8(2)7-9-3-5-10(6-4-9)14-11(12)13;1-2/h3-6,8,11H,7H2,1-2H3;1-2H3. The molecule has 0 unspecified atom stereocenters. The molecule has 1 aromatic carbocycles. The Morgan fingerprint density at radius 2 is 1.56 bits per heavy atom. The van der Waals surface area contributed by atoms with Gasteiger partial charge in [0.05, 0.1) is 0 Å². The molecule has 1 aromatic rings. The maximum Gasteiger partial charge on any atom is 0.387 e. The van der Waals surface area contributed by atoms with Crippen LogP contribution in [0.1, 0.15) is 33.3 Å². The largest absolute Gasteiger partial charge is 0.435 e. The summed E-state index contributed by atoms with van der Waals surface area (Å²) in [6.07, 6.45) is 0.953. The number of benzene rings is 1. The molecule has 0 spiro atoms. The Morgan fingerprint density at radius 1 is 1.06 bits per heavy atom. The van der Waals surface area contributed by atoms with Crippen LogP contribution < -0.4 is 4.74 Å². The summed E-state index contributed by atoms with van der Waals surface area (Å²) in [6.45, 7) is 5.48. The highest BCUT2D eigenvalue weighted by molar-refractivity contribution is 5.27. The third kappa shape index (κ3) is 6.38. The molecule has 0 radical (unpaired) electrons. The van der Waals surface area contributed by atoms with Crippen LogP contribution in [0.5, 0.6) is 5.75 Å². The fraction of sp³-hybridized carbons (Fsp3) is 0.538. The van der Waals surface area contributed by atoms with Gasteiger partial charge in [-0.2, -0.15) is 8.78 Å². The van der Waals surface area contributed by atoms with Gasteiger partial charge >= 0.3 is 6.61 Å². The summed E-state index contributed by atoms with van der Waals surface area (Å²) in [6, 6.07) is 6.78. The predicted octanol–water partition coefficient (Wildman–Crippen LogP) is 4.51. The first kappa shape index (κ1) is 14.9. The Labute approximate surface area is 96.4 Å². The van der Waals surface area contributed by atoms with E-state index in [4.69, 9.17) is 0 Å². The summed E-state index contributed by atoms with van der Waals surface area (Å²) < 4.78 is 27.9. The van der Waals surface area contributed by atoms with Crippen LogP contribution in [0.15, 0.2) is 24.3 Å². The van der Waals surface area contributed by atoms with E-state index in [0.717, 1.165) is 12.0 Å². The Kier molecular flexibility index (Phi) is 7.52. The summed E-state index contributed by atoms with van der Waals surface area (Å²) >= 11 is 0. The molecule has 0 heterocycles. The first-order chi connectivity index (χ1) is 7.58. The molecule has 0 saturated heterocycles. The number of hydrogen-bond acceptors (Lipinski definition) is 1. The highest BCUT2D eigenvalue weighted by atomic mass is 19.3. The minimum Gasteiger partial charge on any atom is -0.435 e. The molecule has 0 aromatic heterocycles. The predicted molar refractivity (Wildman–Crippen MR) is 63.0 cm³/mol. The minimum atomic E-state index is -2.74. The first-order valence-electron chi connectivity index (χ1n) is 5.61. The van der Waals surface area contributed by atoms with Gasteiger partial charge in [0.1, 0.15) is 5.75 Å². The van der Waals surface area contributed by atoms with Gasteiger partial charge in [0.2, 0.25) is 0 Å². The van der Waals surface area contributed by atoms with Crippen molar-refractivity contribution in [3.63, 3.8) is 0 Å². The molecule has 0 N–H and O–H groups in total. The van der Waals surface area contributed by atoms with Crippen molar-refractivity contribution in [3.8, 4) is 5.75 Å². The summed E-state index contributed by atoms with van der Waals surface area (Å²) in [4.78, 5) is 0. The zero-order valence-corrected chi connectivity index (χ0v) is 10.3. The van der Waals surface area contributed by atoms with Crippen molar-refractivity contribution in [1.29, 1.82) is 0 Å². The van der Waals surface area contributed by atoms with E-state index in [1.54, 1.807) is 12.1 Å². The maximum absolute atomic E-state index is 11.8. The van der Waals surface area contributed by atoms with Gasteiger partial charge in [0.25, 0.3) is 0 Å². The number of hydrogen-bond donors (Lipinski definition) is 0. The van der Waals surface area contributed by atoms with Crippen LogP contribution in [0.3, 0.4) is 0 Å². The number of ether oxygens (including phenoxy) is 1. The van der Waals surface area contributed by atoms with Gasteiger partial charge in [-0.25, -0.2) is 0 Å². The van der Waals surface area contributed by atoms with E-state index in [0.29, 0.717) is 5.92 Å². The fourth-order valence-corrected chi connectivity index (χ4v) is 1.28. The van der Waals surface area contributed by atoms with Crippen LogP contribution in [0.2, 0.25) is 0 Å². The summed E-state index contributed by atoms with van der Waals surface area (Å²) in [5.74, 6) is 0.782. The molecule has 0 saturated carbocycles. The lowest BCUT2D eigenvalue weighted by atomic mass is 10.0. The average molecular weight is 230 g/mol. The molecule has 3 heteroatoms. The molecule has 0 atom stereocenters. The third-order valence-electron chi connectivity index (χ3n) is 1.79. The van der Waals surface area contributed by atoms with E-state index in [9.17, 15) is 8.78 Å². The Balaban J connectivity index is 0.00000106. The van der Waals surface area contributed by atoms with Crippen LogP contribution in [0, 0.1) is 5.92 Å².